The standard InChI is InChI=1S/C20H20F2N2O5S/c21-14-7-8-17(18(22)11-14)20(26)29-13-19(25)23-15-5-4-6-16(12-15)30(27,28)24-9-2-1-3-10-24/h4-8,11-12H,1-3,9-10,13H2,(H,23,25). The van der Waals surface area contributed by atoms with E-state index in [1.165, 1.54) is 28.6 Å². The largest absolute Gasteiger partial charge is 0.452 e. The van der Waals surface area contributed by atoms with E-state index in [4.69, 9.17) is 4.74 Å². The van der Waals surface area contributed by atoms with Gasteiger partial charge in [-0.3, -0.25) is 4.79 Å². The van der Waals surface area contributed by atoms with E-state index < -0.39 is 45.7 Å². The van der Waals surface area contributed by atoms with Crippen LogP contribution in [0.3, 0.4) is 0 Å². The Balaban J connectivity index is 1.61. The SMILES string of the molecule is O=C(COC(=O)c1ccc(F)cc1F)Nc1cccc(S(=O)(=O)N2CCCCC2)c1. The molecule has 1 saturated heterocycles. The van der Waals surface area contributed by atoms with Crippen LogP contribution in [0.1, 0.15) is 29.6 Å². The third-order valence-electron chi connectivity index (χ3n) is 4.56. The van der Waals surface area contributed by atoms with Gasteiger partial charge in [-0.1, -0.05) is 12.5 Å². The fourth-order valence-electron chi connectivity index (χ4n) is 3.05. The summed E-state index contributed by atoms with van der Waals surface area (Å²) in [5.74, 6) is -3.81. The van der Waals surface area contributed by atoms with Crippen molar-refractivity contribution in [1.29, 1.82) is 0 Å². The van der Waals surface area contributed by atoms with Crippen molar-refractivity contribution in [2.75, 3.05) is 25.0 Å². The number of carbonyl (C=O) groups excluding carboxylic acids is 2. The van der Waals surface area contributed by atoms with Gasteiger partial charge in [-0.2, -0.15) is 4.31 Å². The molecule has 7 nitrogen and oxygen atoms in total. The lowest BCUT2D eigenvalue weighted by atomic mass is 10.2. The summed E-state index contributed by atoms with van der Waals surface area (Å²) in [6.45, 7) is 0.183. The van der Waals surface area contributed by atoms with Gasteiger partial charge in [-0.05, 0) is 43.2 Å². The van der Waals surface area contributed by atoms with E-state index >= 15 is 0 Å². The van der Waals surface area contributed by atoms with Gasteiger partial charge < -0.3 is 10.1 Å². The number of piperidine rings is 1. The first-order valence-electron chi connectivity index (χ1n) is 9.29. The summed E-state index contributed by atoms with van der Waals surface area (Å²) in [5.41, 5.74) is -0.291. The number of esters is 1. The van der Waals surface area contributed by atoms with Crippen molar-refractivity contribution in [2.45, 2.75) is 24.2 Å². The minimum absolute atomic E-state index is 0.0487. The number of hydrogen-bond donors (Lipinski definition) is 1. The number of ether oxygens (including phenoxy) is 1. The average molecular weight is 438 g/mol. The molecule has 1 heterocycles. The summed E-state index contributed by atoms with van der Waals surface area (Å²) in [7, 11) is -3.67. The molecular formula is C20H20F2N2O5S. The molecule has 0 saturated carbocycles. The van der Waals surface area contributed by atoms with Crippen molar-refractivity contribution < 1.29 is 31.5 Å². The molecule has 30 heavy (non-hydrogen) atoms. The Hall–Kier alpha value is -2.85. The molecule has 0 radical (unpaired) electrons. The minimum Gasteiger partial charge on any atom is -0.452 e. The number of rotatable bonds is 6. The second-order valence-corrected chi connectivity index (χ2v) is 8.68. The van der Waals surface area contributed by atoms with Crippen molar-refractivity contribution in [2.24, 2.45) is 0 Å². The first-order valence-corrected chi connectivity index (χ1v) is 10.7. The van der Waals surface area contributed by atoms with Gasteiger partial charge in [0, 0.05) is 24.8 Å². The number of nitrogens with zero attached hydrogens (tertiary/aromatic N) is 1. The lowest BCUT2D eigenvalue weighted by Crippen LogP contribution is -2.35. The van der Waals surface area contributed by atoms with Crippen LogP contribution in [0.25, 0.3) is 0 Å². The zero-order chi connectivity index (χ0) is 21.7. The monoisotopic (exact) mass is 438 g/mol. The normalized spacial score (nSPS) is 14.9. The molecule has 0 aromatic heterocycles. The van der Waals surface area contributed by atoms with Gasteiger partial charge in [0.05, 0.1) is 10.5 Å². The van der Waals surface area contributed by atoms with Crippen molar-refractivity contribution >= 4 is 27.6 Å². The summed E-state index contributed by atoms with van der Waals surface area (Å²) in [6.07, 6.45) is 2.59. The Morgan fingerprint density at radius 2 is 1.77 bits per heavy atom. The molecule has 0 unspecified atom stereocenters. The first kappa shape index (κ1) is 21.8. The molecule has 1 fully saturated rings. The topological polar surface area (TPSA) is 92.8 Å². The van der Waals surface area contributed by atoms with E-state index in [1.54, 1.807) is 0 Å². The van der Waals surface area contributed by atoms with Crippen LogP contribution in [-0.2, 0) is 19.6 Å². The molecule has 0 aliphatic carbocycles. The van der Waals surface area contributed by atoms with Gasteiger partial charge in [-0.15, -0.1) is 0 Å². The molecule has 1 N–H and O–H groups in total. The zero-order valence-electron chi connectivity index (χ0n) is 15.9. The van der Waals surface area contributed by atoms with Gasteiger partial charge in [0.1, 0.15) is 11.6 Å². The molecule has 0 bridgehead atoms. The molecule has 3 rings (SSSR count). The number of hydrogen-bond acceptors (Lipinski definition) is 5. The van der Waals surface area contributed by atoms with E-state index in [1.807, 2.05) is 0 Å². The maximum Gasteiger partial charge on any atom is 0.341 e. The van der Waals surface area contributed by atoms with E-state index in [0.717, 1.165) is 31.4 Å². The quantitative estimate of drug-likeness (QED) is 0.700. The molecule has 10 heteroatoms. The van der Waals surface area contributed by atoms with Crippen LogP contribution in [0.5, 0.6) is 0 Å². The van der Waals surface area contributed by atoms with E-state index in [0.29, 0.717) is 19.2 Å². The van der Waals surface area contributed by atoms with Gasteiger partial charge in [0.25, 0.3) is 5.91 Å². The summed E-state index contributed by atoms with van der Waals surface area (Å²) in [5, 5.41) is 2.44. The molecular weight excluding hydrogens is 418 g/mol. The van der Waals surface area contributed by atoms with E-state index in [-0.39, 0.29) is 10.6 Å². The maximum absolute atomic E-state index is 13.6. The van der Waals surface area contributed by atoms with Crippen LogP contribution in [-0.4, -0.2) is 44.3 Å². The van der Waals surface area contributed by atoms with Gasteiger partial charge >= 0.3 is 5.97 Å². The number of sulfonamides is 1. The van der Waals surface area contributed by atoms with Crippen molar-refractivity contribution in [1.82, 2.24) is 4.31 Å². The summed E-state index contributed by atoms with van der Waals surface area (Å²) in [4.78, 5) is 23.9. The van der Waals surface area contributed by atoms with Gasteiger partial charge in [0.2, 0.25) is 10.0 Å². The molecule has 0 atom stereocenters. The van der Waals surface area contributed by atoms with Gasteiger partial charge in [0.15, 0.2) is 6.61 Å². The third-order valence-corrected chi connectivity index (χ3v) is 6.45. The number of amides is 1. The average Bonchev–Trinajstić information content (AvgIpc) is 2.73. The Kier molecular flexibility index (Phi) is 6.78. The Morgan fingerprint density at radius 1 is 1.03 bits per heavy atom. The molecule has 160 valence electrons. The molecule has 1 amide bonds. The molecule has 1 aliphatic rings. The second kappa shape index (κ2) is 9.31. The number of halogens is 2. The highest BCUT2D eigenvalue weighted by Crippen LogP contribution is 2.23. The number of benzene rings is 2. The maximum atomic E-state index is 13.6. The third kappa shape index (κ3) is 5.19. The highest BCUT2D eigenvalue weighted by Gasteiger charge is 2.26. The zero-order valence-corrected chi connectivity index (χ0v) is 16.8. The van der Waals surface area contributed by atoms with Crippen LogP contribution < -0.4 is 5.32 Å². The predicted molar refractivity (Wildman–Crippen MR) is 104 cm³/mol. The van der Waals surface area contributed by atoms with Crippen LogP contribution >= 0.6 is 0 Å². The highest BCUT2D eigenvalue weighted by molar-refractivity contribution is 7.89. The number of anilines is 1. The fourth-order valence-corrected chi connectivity index (χ4v) is 4.61. The Morgan fingerprint density at radius 3 is 2.47 bits per heavy atom. The fraction of sp³-hybridized carbons (Fsp3) is 0.300. The van der Waals surface area contributed by atoms with Crippen LogP contribution in [0.2, 0.25) is 0 Å². The predicted octanol–water partition coefficient (Wildman–Crippen LogP) is 2.93. The Labute approximate surface area is 172 Å². The van der Waals surface area contributed by atoms with E-state index in [9.17, 15) is 26.8 Å². The van der Waals surface area contributed by atoms with Crippen LogP contribution in [0.4, 0.5) is 14.5 Å². The van der Waals surface area contributed by atoms with Crippen molar-refractivity contribution in [3.8, 4) is 0 Å². The van der Waals surface area contributed by atoms with Crippen LogP contribution in [0.15, 0.2) is 47.4 Å². The smallest absolute Gasteiger partial charge is 0.341 e. The van der Waals surface area contributed by atoms with E-state index in [2.05, 4.69) is 5.32 Å². The van der Waals surface area contributed by atoms with Crippen LogP contribution in [0, 0.1) is 11.6 Å². The minimum atomic E-state index is -3.67. The highest BCUT2D eigenvalue weighted by atomic mass is 32.2. The molecule has 0 spiro atoms. The summed E-state index contributed by atoms with van der Waals surface area (Å²) < 4.78 is 58.1. The Bertz CT molecular complexity index is 1050. The lowest BCUT2D eigenvalue weighted by Gasteiger charge is -2.26. The molecule has 2 aromatic rings. The molecule has 2 aromatic carbocycles. The van der Waals surface area contributed by atoms with Crippen molar-refractivity contribution in [3.63, 3.8) is 0 Å². The van der Waals surface area contributed by atoms with Crippen molar-refractivity contribution in [3.05, 3.63) is 59.7 Å². The lowest BCUT2D eigenvalue weighted by molar-refractivity contribution is -0.119. The summed E-state index contributed by atoms with van der Waals surface area (Å²) in [6, 6.07) is 8.10. The van der Waals surface area contributed by atoms with Gasteiger partial charge in [-0.25, -0.2) is 22.0 Å². The summed E-state index contributed by atoms with van der Waals surface area (Å²) >= 11 is 0. The second-order valence-electron chi connectivity index (χ2n) is 6.74. The number of carbonyl (C=O) groups is 2. The first-order chi connectivity index (χ1) is 14.3. The number of nitrogens with one attached hydrogen (secondary N) is 1. The molecule has 1 aliphatic heterocycles.